The molecule has 0 aromatic heterocycles. The quantitative estimate of drug-likeness (QED) is 0.0523. The number of carbonyl (C=O) groups excluding carboxylic acids is 6. The first-order valence-electron chi connectivity index (χ1n) is 19.0. The molecule has 12 N–H and O–H groups in total. The highest BCUT2D eigenvalue weighted by atomic mass is 31.2. The maximum atomic E-state index is 13.8. The van der Waals surface area contributed by atoms with Crippen LogP contribution >= 0.6 is 7.82 Å². The third kappa shape index (κ3) is 17.3. The summed E-state index contributed by atoms with van der Waals surface area (Å²) in [5.74, 6) is -5.47. The van der Waals surface area contributed by atoms with Gasteiger partial charge in [0.05, 0.1) is 31.9 Å². The van der Waals surface area contributed by atoms with Crippen molar-refractivity contribution in [2.24, 2.45) is 17.4 Å². The topological polar surface area (TPSA) is 311 Å². The Kier molecular flexibility index (Phi) is 19.3. The van der Waals surface area contributed by atoms with Crippen molar-refractivity contribution in [2.45, 2.75) is 83.0 Å². The molecule has 3 aromatic rings. The minimum absolute atomic E-state index is 0.0281. The van der Waals surface area contributed by atoms with E-state index in [2.05, 4.69) is 26.6 Å². The van der Waals surface area contributed by atoms with Gasteiger partial charge < -0.3 is 53.2 Å². The van der Waals surface area contributed by atoms with Crippen LogP contribution in [0.15, 0.2) is 84.9 Å². The Hall–Kier alpha value is -5.69. The van der Waals surface area contributed by atoms with Gasteiger partial charge in [-0.05, 0) is 54.5 Å². The van der Waals surface area contributed by atoms with Gasteiger partial charge in [0, 0.05) is 6.42 Å². The molecule has 0 heterocycles. The number of phenolic OH excluding ortho intramolecular Hbond substituents is 1. The summed E-state index contributed by atoms with van der Waals surface area (Å²) in [5.41, 5.74) is 13.3. The Morgan fingerprint density at radius 1 is 0.683 bits per heavy atom. The summed E-state index contributed by atoms with van der Waals surface area (Å²) in [4.78, 5) is 88.9. The zero-order valence-electron chi connectivity index (χ0n) is 33.5. The second kappa shape index (κ2) is 23.8. The number of aliphatic hydroxyl groups is 1. The SMILES string of the molecule is CC(C)C[C@H](NC(=O)[C@H](Cc1ccccc1)NC(=O)CNC(=O)[C@H](NC(=O)[C@@H](N)Cc1ccc(O)cc1)[C@H](C)O)C(=O)N[C@@H](COP(=O)(O)OCc1ccccc1)C(N)=O. The van der Waals surface area contributed by atoms with E-state index in [9.17, 15) is 48.4 Å². The average molecular weight is 856 g/mol. The van der Waals surface area contributed by atoms with Gasteiger partial charge in [0.1, 0.15) is 29.9 Å². The number of hydrogen-bond acceptors (Lipinski definition) is 12. The summed E-state index contributed by atoms with van der Waals surface area (Å²) in [5, 5.41) is 32.0. The highest BCUT2D eigenvalue weighted by molar-refractivity contribution is 7.47. The second-order valence-electron chi connectivity index (χ2n) is 14.4. The third-order valence-electron chi connectivity index (χ3n) is 8.79. The van der Waals surface area contributed by atoms with Crippen LogP contribution in [0.25, 0.3) is 0 Å². The standard InChI is InChI=1S/C40H54N7O12P/c1-24(2)18-31(38(53)46-33(36(42)51)23-59-60(56,57)58-22-28-12-8-5-9-13-28)45-39(54)32(20-26-10-6-4-7-11-26)44-34(50)21-43-40(55)35(25(3)48)47-37(52)30(41)19-27-14-16-29(49)17-15-27/h4-17,24-25,30-33,35,48-49H,18-23,41H2,1-3H3,(H2,42,51)(H,43,55)(H,44,50)(H,45,54)(H,46,53)(H,47,52)(H,56,57)/t25-,30-,31-,32-,33-,35+/m0/s1. The molecule has 0 aliphatic heterocycles. The number of primary amides is 1. The van der Waals surface area contributed by atoms with E-state index < -0.39 is 92.7 Å². The molecule has 0 saturated carbocycles. The minimum atomic E-state index is -4.71. The third-order valence-corrected chi connectivity index (χ3v) is 9.72. The van der Waals surface area contributed by atoms with E-state index in [1.54, 1.807) is 86.6 Å². The predicted octanol–water partition coefficient (Wildman–Crippen LogP) is -0.194. The first-order chi connectivity index (χ1) is 28.3. The molecule has 1 unspecified atom stereocenters. The molecule has 19 nitrogen and oxygen atoms in total. The fourth-order valence-electron chi connectivity index (χ4n) is 5.60. The van der Waals surface area contributed by atoms with Crippen molar-refractivity contribution in [1.82, 2.24) is 26.6 Å². The first-order valence-corrected chi connectivity index (χ1v) is 20.5. The smallest absolute Gasteiger partial charge is 0.472 e. The van der Waals surface area contributed by atoms with Gasteiger partial charge in [0.2, 0.25) is 35.4 Å². The molecular formula is C40H54N7O12P. The zero-order valence-corrected chi connectivity index (χ0v) is 34.4. The van der Waals surface area contributed by atoms with Gasteiger partial charge in [-0.25, -0.2) is 4.57 Å². The molecule has 3 aromatic carbocycles. The van der Waals surface area contributed by atoms with Crippen LogP contribution in [0.2, 0.25) is 0 Å². The maximum Gasteiger partial charge on any atom is 0.472 e. The second-order valence-corrected chi connectivity index (χ2v) is 15.9. The van der Waals surface area contributed by atoms with Crippen molar-refractivity contribution < 1.29 is 57.5 Å². The molecule has 0 fully saturated rings. The van der Waals surface area contributed by atoms with Gasteiger partial charge in [0.15, 0.2) is 0 Å². The van der Waals surface area contributed by atoms with E-state index in [1.807, 2.05) is 0 Å². The largest absolute Gasteiger partial charge is 0.508 e. The summed E-state index contributed by atoms with van der Waals surface area (Å²) in [6, 6.07) is 16.2. The van der Waals surface area contributed by atoms with Gasteiger partial charge >= 0.3 is 7.82 Å². The van der Waals surface area contributed by atoms with Crippen LogP contribution in [0.1, 0.15) is 43.9 Å². The number of amides is 6. The Balaban J connectivity index is 1.66. The van der Waals surface area contributed by atoms with Gasteiger partial charge in [-0.2, -0.15) is 0 Å². The molecular weight excluding hydrogens is 801 g/mol. The highest BCUT2D eigenvalue weighted by Gasteiger charge is 2.33. The van der Waals surface area contributed by atoms with Crippen molar-refractivity contribution in [1.29, 1.82) is 0 Å². The lowest BCUT2D eigenvalue weighted by molar-refractivity contribution is -0.134. The molecule has 0 spiro atoms. The molecule has 20 heteroatoms. The molecule has 0 bridgehead atoms. The molecule has 3 rings (SSSR count). The van der Waals surface area contributed by atoms with Crippen LogP contribution in [-0.2, 0) is 61.8 Å². The number of hydrogen-bond donors (Lipinski definition) is 10. The number of phosphoric ester groups is 1. The van der Waals surface area contributed by atoms with Gasteiger partial charge in [-0.1, -0.05) is 86.6 Å². The lowest BCUT2D eigenvalue weighted by Gasteiger charge is -2.26. The summed E-state index contributed by atoms with van der Waals surface area (Å²) >= 11 is 0. The van der Waals surface area contributed by atoms with Crippen LogP contribution in [0.4, 0.5) is 0 Å². The summed E-state index contributed by atoms with van der Waals surface area (Å²) in [6.45, 7) is 2.99. The van der Waals surface area contributed by atoms with Crippen LogP contribution in [0.5, 0.6) is 5.75 Å². The van der Waals surface area contributed by atoms with Crippen molar-refractivity contribution in [3.63, 3.8) is 0 Å². The Morgan fingerprint density at radius 2 is 1.23 bits per heavy atom. The van der Waals surface area contributed by atoms with Crippen LogP contribution < -0.4 is 38.1 Å². The number of aromatic hydroxyl groups is 1. The van der Waals surface area contributed by atoms with Crippen LogP contribution in [0, 0.1) is 5.92 Å². The highest BCUT2D eigenvalue weighted by Crippen LogP contribution is 2.44. The molecule has 0 aliphatic rings. The molecule has 0 radical (unpaired) electrons. The van der Waals surface area contributed by atoms with Crippen LogP contribution in [0.3, 0.4) is 0 Å². The number of aliphatic hydroxyl groups excluding tert-OH is 1. The molecule has 0 saturated heterocycles. The van der Waals surface area contributed by atoms with Crippen LogP contribution in [-0.4, -0.2) is 100 Å². The Bertz CT molecular complexity index is 1940. The molecule has 7 atom stereocenters. The predicted molar refractivity (Wildman–Crippen MR) is 218 cm³/mol. The van der Waals surface area contributed by atoms with Gasteiger partial charge in [-0.15, -0.1) is 0 Å². The monoisotopic (exact) mass is 855 g/mol. The number of phenols is 1. The molecule has 6 amide bonds. The first kappa shape index (κ1) is 48.7. The number of nitrogens with two attached hydrogens (primary N) is 2. The minimum Gasteiger partial charge on any atom is -0.508 e. The fourth-order valence-corrected chi connectivity index (χ4v) is 6.33. The number of nitrogens with one attached hydrogen (secondary N) is 5. The maximum absolute atomic E-state index is 13.8. The summed E-state index contributed by atoms with van der Waals surface area (Å²) < 4.78 is 22.4. The molecule has 326 valence electrons. The average Bonchev–Trinajstić information content (AvgIpc) is 3.20. The number of rotatable bonds is 24. The summed E-state index contributed by atoms with van der Waals surface area (Å²) in [6.07, 6.45) is -1.35. The zero-order chi connectivity index (χ0) is 44.4. The number of carbonyl (C=O) groups is 6. The number of benzene rings is 3. The van der Waals surface area contributed by atoms with E-state index >= 15 is 0 Å². The molecule has 0 aliphatic carbocycles. The normalized spacial score (nSPS) is 15.2. The molecule has 60 heavy (non-hydrogen) atoms. The van der Waals surface area contributed by atoms with Crippen molar-refractivity contribution in [3.8, 4) is 5.75 Å². The number of phosphoric acid groups is 1. The summed E-state index contributed by atoms with van der Waals surface area (Å²) in [7, 11) is -4.71. The lowest BCUT2D eigenvalue weighted by atomic mass is 10.0. The fraction of sp³-hybridized carbons (Fsp3) is 0.400. The Morgan fingerprint density at radius 3 is 1.80 bits per heavy atom. The van der Waals surface area contributed by atoms with E-state index in [4.69, 9.17) is 20.5 Å². The Labute approximate surface area is 347 Å². The van der Waals surface area contributed by atoms with E-state index in [-0.39, 0.29) is 37.5 Å². The van der Waals surface area contributed by atoms with E-state index in [0.29, 0.717) is 16.7 Å². The van der Waals surface area contributed by atoms with Crippen molar-refractivity contribution in [2.75, 3.05) is 13.2 Å². The lowest BCUT2D eigenvalue weighted by Crippen LogP contribution is -2.59. The van der Waals surface area contributed by atoms with Gasteiger partial charge in [-0.3, -0.25) is 37.8 Å². The van der Waals surface area contributed by atoms with E-state index in [1.165, 1.54) is 19.1 Å². The van der Waals surface area contributed by atoms with E-state index in [0.717, 1.165) is 0 Å². The van der Waals surface area contributed by atoms with Crippen molar-refractivity contribution in [3.05, 3.63) is 102 Å². The van der Waals surface area contributed by atoms with Crippen molar-refractivity contribution >= 4 is 43.3 Å². The van der Waals surface area contributed by atoms with Gasteiger partial charge in [0.25, 0.3) is 0 Å².